The van der Waals surface area contributed by atoms with Gasteiger partial charge in [-0.1, -0.05) is 54.9 Å². The van der Waals surface area contributed by atoms with Crippen LogP contribution >= 0.6 is 11.6 Å². The van der Waals surface area contributed by atoms with Gasteiger partial charge in [0.05, 0.1) is 5.02 Å². The minimum Gasteiger partial charge on any atom is -0.353 e. The van der Waals surface area contributed by atoms with Crippen LogP contribution in [-0.4, -0.2) is 5.11 Å². The van der Waals surface area contributed by atoms with Crippen molar-refractivity contribution in [3.05, 3.63) is 64.5 Å². The molecule has 0 spiro atoms. The van der Waals surface area contributed by atoms with Gasteiger partial charge in [-0.15, -0.1) is 0 Å². The van der Waals surface area contributed by atoms with Crippen molar-refractivity contribution < 1.29 is 9.50 Å². The molecule has 0 unspecified atom stereocenters. The Kier molecular flexibility index (Phi) is 4.23. The normalized spacial score (nSPS) is 11.1. The molecular weight excluding hydrogens is 263 g/mol. The van der Waals surface area contributed by atoms with Gasteiger partial charge >= 0.3 is 0 Å². The summed E-state index contributed by atoms with van der Waals surface area (Å²) in [5.74, 6) is 0. The largest absolute Gasteiger partial charge is 0.353 e. The zero-order chi connectivity index (χ0) is 14.0. The van der Waals surface area contributed by atoms with E-state index in [1.807, 2.05) is 50.2 Å². The SMILES string of the molecule is CCc1cc(C)c(-c2ccccc2)c(Cl)c1[C](O)F. The quantitative estimate of drug-likeness (QED) is 0.832. The molecular formula is C16H15ClFO. The molecule has 99 valence electrons. The summed E-state index contributed by atoms with van der Waals surface area (Å²) in [6.45, 7) is 3.84. The summed E-state index contributed by atoms with van der Waals surface area (Å²) in [6, 6.07) is 11.4. The molecule has 0 heterocycles. The Morgan fingerprint density at radius 2 is 1.89 bits per heavy atom. The zero-order valence-corrected chi connectivity index (χ0v) is 11.6. The van der Waals surface area contributed by atoms with Gasteiger partial charge < -0.3 is 5.11 Å². The second-order valence-electron chi connectivity index (χ2n) is 4.43. The minimum absolute atomic E-state index is 0.105. The first-order valence-electron chi connectivity index (χ1n) is 6.15. The molecule has 0 saturated carbocycles. The van der Waals surface area contributed by atoms with E-state index in [-0.39, 0.29) is 10.6 Å². The van der Waals surface area contributed by atoms with Crippen molar-refractivity contribution in [3.63, 3.8) is 0 Å². The zero-order valence-electron chi connectivity index (χ0n) is 10.9. The van der Waals surface area contributed by atoms with Crippen LogP contribution in [-0.2, 0) is 6.42 Å². The highest BCUT2D eigenvalue weighted by Gasteiger charge is 2.21. The molecule has 19 heavy (non-hydrogen) atoms. The lowest BCUT2D eigenvalue weighted by Gasteiger charge is -2.16. The number of halogens is 2. The van der Waals surface area contributed by atoms with E-state index >= 15 is 0 Å². The van der Waals surface area contributed by atoms with E-state index in [9.17, 15) is 9.50 Å². The van der Waals surface area contributed by atoms with Gasteiger partial charge in [0.15, 0.2) is 0 Å². The molecule has 0 bridgehead atoms. The van der Waals surface area contributed by atoms with Crippen LogP contribution < -0.4 is 0 Å². The fourth-order valence-corrected chi connectivity index (χ4v) is 2.76. The summed E-state index contributed by atoms with van der Waals surface area (Å²) in [5, 5.41) is 9.51. The third kappa shape index (κ3) is 2.65. The van der Waals surface area contributed by atoms with E-state index < -0.39 is 6.36 Å². The fraction of sp³-hybridized carbons (Fsp3) is 0.188. The molecule has 0 aliphatic carbocycles. The number of aryl methyl sites for hydroxylation is 2. The van der Waals surface area contributed by atoms with Crippen molar-refractivity contribution in [2.75, 3.05) is 0 Å². The second-order valence-corrected chi connectivity index (χ2v) is 4.80. The maximum Gasteiger partial charge on any atom is 0.298 e. The molecule has 0 saturated heterocycles. The van der Waals surface area contributed by atoms with E-state index in [1.165, 1.54) is 0 Å². The number of rotatable bonds is 3. The highest BCUT2D eigenvalue weighted by molar-refractivity contribution is 6.34. The molecule has 1 radical (unpaired) electrons. The van der Waals surface area contributed by atoms with Crippen molar-refractivity contribution in [1.82, 2.24) is 0 Å². The van der Waals surface area contributed by atoms with E-state index in [0.717, 1.165) is 16.7 Å². The van der Waals surface area contributed by atoms with Crippen LogP contribution in [0.4, 0.5) is 4.39 Å². The first-order valence-corrected chi connectivity index (χ1v) is 6.53. The Bertz CT molecular complexity index is 579. The lowest BCUT2D eigenvalue weighted by Crippen LogP contribution is -2.02. The van der Waals surface area contributed by atoms with Crippen LogP contribution in [0.2, 0.25) is 5.02 Å². The van der Waals surface area contributed by atoms with Gasteiger partial charge in [-0.25, -0.2) is 0 Å². The number of aliphatic hydroxyl groups excluding tert-OH is 1. The summed E-state index contributed by atoms with van der Waals surface area (Å²) < 4.78 is 13.4. The van der Waals surface area contributed by atoms with Crippen molar-refractivity contribution >= 4 is 11.6 Å². The summed E-state index contributed by atoms with van der Waals surface area (Å²) in [4.78, 5) is 0. The van der Waals surface area contributed by atoms with Gasteiger partial charge in [-0.05, 0) is 30.0 Å². The highest BCUT2D eigenvalue weighted by Crippen LogP contribution is 2.38. The Balaban J connectivity index is 2.73. The fourth-order valence-electron chi connectivity index (χ4n) is 2.31. The average molecular weight is 278 g/mol. The van der Waals surface area contributed by atoms with E-state index in [2.05, 4.69) is 0 Å². The van der Waals surface area contributed by atoms with Gasteiger partial charge in [0.2, 0.25) is 0 Å². The number of hydrogen-bond acceptors (Lipinski definition) is 1. The molecule has 3 heteroatoms. The molecule has 0 amide bonds. The van der Waals surface area contributed by atoms with Crippen molar-refractivity contribution in [2.45, 2.75) is 20.3 Å². The van der Waals surface area contributed by atoms with Crippen LogP contribution in [0.15, 0.2) is 36.4 Å². The maximum absolute atomic E-state index is 13.4. The first-order chi connectivity index (χ1) is 9.06. The smallest absolute Gasteiger partial charge is 0.298 e. The molecule has 2 rings (SSSR count). The molecule has 2 aromatic carbocycles. The number of benzene rings is 2. The monoisotopic (exact) mass is 277 g/mol. The van der Waals surface area contributed by atoms with Crippen molar-refractivity contribution in [3.8, 4) is 11.1 Å². The van der Waals surface area contributed by atoms with E-state index in [4.69, 9.17) is 11.6 Å². The third-order valence-electron chi connectivity index (χ3n) is 3.19. The third-order valence-corrected chi connectivity index (χ3v) is 3.57. The summed E-state index contributed by atoms with van der Waals surface area (Å²) in [6.07, 6.45) is -0.613. The van der Waals surface area contributed by atoms with Crippen molar-refractivity contribution in [2.24, 2.45) is 0 Å². The van der Waals surface area contributed by atoms with Gasteiger partial charge in [-0.2, -0.15) is 4.39 Å². The summed E-state index contributed by atoms with van der Waals surface area (Å²) in [5.41, 5.74) is 3.46. The number of aliphatic hydroxyl groups is 1. The lowest BCUT2D eigenvalue weighted by atomic mass is 9.93. The predicted octanol–water partition coefficient (Wildman–Crippen LogP) is 5.06. The summed E-state index contributed by atoms with van der Waals surface area (Å²) in [7, 11) is 0. The van der Waals surface area contributed by atoms with Crippen LogP contribution in [0.1, 0.15) is 23.6 Å². The van der Waals surface area contributed by atoms with Crippen LogP contribution in [0.3, 0.4) is 0 Å². The standard InChI is InChI=1S/C16H15ClFO/c1-3-11-9-10(2)13(12-7-5-4-6-8-12)15(17)14(11)16(18)19/h4-9,19H,3H2,1-2H3. The summed E-state index contributed by atoms with van der Waals surface area (Å²) >= 11 is 6.31. The Morgan fingerprint density at radius 3 is 2.42 bits per heavy atom. The van der Waals surface area contributed by atoms with Gasteiger partial charge in [0.1, 0.15) is 0 Å². The molecule has 0 atom stereocenters. The molecule has 0 fully saturated rings. The molecule has 0 aliphatic heterocycles. The Labute approximate surface area is 117 Å². The van der Waals surface area contributed by atoms with E-state index in [1.54, 1.807) is 0 Å². The highest BCUT2D eigenvalue weighted by atomic mass is 35.5. The Hall–Kier alpha value is -1.38. The average Bonchev–Trinajstić information content (AvgIpc) is 2.38. The molecule has 0 aromatic heterocycles. The Morgan fingerprint density at radius 1 is 1.26 bits per heavy atom. The van der Waals surface area contributed by atoms with E-state index in [0.29, 0.717) is 12.0 Å². The van der Waals surface area contributed by atoms with Gasteiger partial charge in [0, 0.05) is 11.1 Å². The molecule has 0 aliphatic rings. The molecule has 2 aromatic rings. The topological polar surface area (TPSA) is 20.2 Å². The second kappa shape index (κ2) is 5.72. The van der Waals surface area contributed by atoms with Crippen LogP contribution in [0.25, 0.3) is 11.1 Å². The predicted molar refractivity (Wildman–Crippen MR) is 76.4 cm³/mol. The molecule has 1 nitrogen and oxygen atoms in total. The van der Waals surface area contributed by atoms with Crippen molar-refractivity contribution in [1.29, 1.82) is 0 Å². The van der Waals surface area contributed by atoms with Gasteiger partial charge in [0.25, 0.3) is 6.36 Å². The number of hydrogen-bond donors (Lipinski definition) is 1. The van der Waals surface area contributed by atoms with Crippen LogP contribution in [0, 0.1) is 13.3 Å². The van der Waals surface area contributed by atoms with Gasteiger partial charge in [-0.3, -0.25) is 0 Å². The molecule has 1 N–H and O–H groups in total. The minimum atomic E-state index is -1.22. The first kappa shape index (κ1) is 14.0. The van der Waals surface area contributed by atoms with Crippen LogP contribution in [0.5, 0.6) is 0 Å². The lowest BCUT2D eigenvalue weighted by molar-refractivity contribution is 0.198. The maximum atomic E-state index is 13.4.